The Labute approximate surface area is 134 Å². The van der Waals surface area contributed by atoms with E-state index in [0.29, 0.717) is 0 Å². The van der Waals surface area contributed by atoms with Crippen LogP contribution in [0.15, 0.2) is 48.5 Å². The molecule has 0 heterocycles. The predicted molar refractivity (Wildman–Crippen MR) is 78.9 cm³/mol. The molecule has 0 radical (unpaired) electrons. The van der Waals surface area contributed by atoms with Crippen molar-refractivity contribution in [3.05, 3.63) is 55.7 Å². The molecule has 0 unspecified atom stereocenters. The maximum Gasteiger partial charge on any atom is 0.357 e. The lowest BCUT2D eigenvalue weighted by Crippen LogP contribution is -3.61. The maximum atomic E-state index is 11.0. The van der Waals surface area contributed by atoms with Crippen LogP contribution in [0, 0.1) is 7.14 Å². The number of anilines is 2. The molecule has 0 atom stereocenters. The van der Waals surface area contributed by atoms with Crippen molar-refractivity contribution in [3.63, 3.8) is 0 Å². The second-order valence-corrected chi connectivity index (χ2v) is 7.50. The molecule has 5 heteroatoms. The molecule has 0 bridgehead atoms. The molecule has 0 saturated carbocycles. The zero-order chi connectivity index (χ0) is 15.2. The Kier molecular flexibility index (Phi) is 5.32. The smallest absolute Gasteiger partial charge is 0.326 e. The average molecular weight is 395 g/mol. The van der Waals surface area contributed by atoms with Crippen LogP contribution in [-0.2, 0) is 9.59 Å². The number of hydrogen-bond acceptors (Lipinski definition) is 2. The van der Waals surface area contributed by atoms with Crippen LogP contribution in [0.4, 0.5) is 11.4 Å². The first-order valence-electron chi connectivity index (χ1n) is 6.43. The molecule has 21 heavy (non-hydrogen) atoms. The van der Waals surface area contributed by atoms with Crippen LogP contribution in [0.1, 0.15) is 13.8 Å². The van der Waals surface area contributed by atoms with Crippen LogP contribution in [-0.4, -0.2) is 11.8 Å². The predicted octanol–water partition coefficient (Wildman–Crippen LogP) is -0.268. The molecule has 2 aromatic carbocycles. The highest BCUT2D eigenvalue weighted by molar-refractivity contribution is 5.88. The number of hydrogen-bond donors (Lipinski definition) is 2. The van der Waals surface area contributed by atoms with Gasteiger partial charge in [0.05, 0.1) is 0 Å². The van der Waals surface area contributed by atoms with Gasteiger partial charge in [-0.25, -0.2) is 0 Å². The number of rotatable bonds is 4. The molecule has 0 aliphatic heterocycles. The van der Waals surface area contributed by atoms with E-state index in [0.717, 1.165) is 11.4 Å². The molecule has 2 amide bonds. The van der Waals surface area contributed by atoms with Gasteiger partial charge in [-0.05, 0) is 48.5 Å². The number of amides is 2. The minimum absolute atomic E-state index is 0.0639. The normalized spacial score (nSPS) is 10.0. The molecule has 0 aromatic heterocycles. The van der Waals surface area contributed by atoms with Crippen LogP contribution in [0.5, 0.6) is 0 Å². The SMILES string of the molecule is CC(=O)Nc1ccc([I+]c2ccc(NC(C)=O)cc2)cc1. The van der Waals surface area contributed by atoms with E-state index in [1.807, 2.05) is 48.5 Å². The van der Waals surface area contributed by atoms with Gasteiger partial charge in [0.1, 0.15) is 0 Å². The van der Waals surface area contributed by atoms with Crippen molar-refractivity contribution in [2.45, 2.75) is 13.8 Å². The third-order valence-electron chi connectivity index (χ3n) is 2.55. The molecule has 2 rings (SSSR count). The van der Waals surface area contributed by atoms with Crippen molar-refractivity contribution in [1.29, 1.82) is 0 Å². The Morgan fingerprint density at radius 1 is 0.714 bits per heavy atom. The topological polar surface area (TPSA) is 58.2 Å². The highest BCUT2D eigenvalue weighted by Crippen LogP contribution is 2.05. The molecule has 0 aliphatic rings. The fraction of sp³-hybridized carbons (Fsp3) is 0.125. The van der Waals surface area contributed by atoms with E-state index in [2.05, 4.69) is 10.6 Å². The van der Waals surface area contributed by atoms with Crippen molar-refractivity contribution >= 4 is 23.2 Å². The van der Waals surface area contributed by atoms with E-state index >= 15 is 0 Å². The Morgan fingerprint density at radius 2 is 1.05 bits per heavy atom. The Hall–Kier alpha value is -1.89. The molecule has 2 N–H and O–H groups in total. The number of benzene rings is 2. The fourth-order valence-electron chi connectivity index (χ4n) is 1.72. The van der Waals surface area contributed by atoms with Gasteiger partial charge < -0.3 is 10.6 Å². The third kappa shape index (κ3) is 5.18. The van der Waals surface area contributed by atoms with Crippen LogP contribution in [0.25, 0.3) is 0 Å². The molecule has 0 fully saturated rings. The van der Waals surface area contributed by atoms with Crippen molar-refractivity contribution in [1.82, 2.24) is 0 Å². The monoisotopic (exact) mass is 395 g/mol. The van der Waals surface area contributed by atoms with Gasteiger partial charge in [-0.15, -0.1) is 0 Å². The lowest BCUT2D eigenvalue weighted by atomic mass is 10.3. The molecule has 4 nitrogen and oxygen atoms in total. The van der Waals surface area contributed by atoms with E-state index in [4.69, 9.17) is 0 Å². The average Bonchev–Trinajstić information content (AvgIpc) is 2.42. The van der Waals surface area contributed by atoms with E-state index in [-0.39, 0.29) is 33.0 Å². The van der Waals surface area contributed by atoms with Crippen LogP contribution in [0.2, 0.25) is 0 Å². The standard InChI is InChI=1S/C16H15IN2O2/c1-11(20)18-15-7-3-13(4-8-15)17-14-5-9-16(10-6-14)19-12(2)21/h3-10H,1-2H3,(H-,18,19,20,21)/p+1. The van der Waals surface area contributed by atoms with Gasteiger partial charge in [-0.2, -0.15) is 0 Å². The minimum atomic E-state index is -0.264. The van der Waals surface area contributed by atoms with Gasteiger partial charge in [0.2, 0.25) is 11.8 Å². The summed E-state index contributed by atoms with van der Waals surface area (Å²) in [6, 6.07) is 15.8. The third-order valence-corrected chi connectivity index (χ3v) is 5.23. The van der Waals surface area contributed by atoms with Gasteiger partial charge in [-0.3, -0.25) is 9.59 Å². The van der Waals surface area contributed by atoms with E-state index in [1.165, 1.54) is 21.0 Å². The van der Waals surface area contributed by atoms with Gasteiger partial charge in [0.25, 0.3) is 0 Å². The van der Waals surface area contributed by atoms with E-state index in [9.17, 15) is 9.59 Å². The summed E-state index contributed by atoms with van der Waals surface area (Å²) >= 11 is -0.264. The molecule has 0 aliphatic carbocycles. The van der Waals surface area contributed by atoms with Crippen molar-refractivity contribution in [3.8, 4) is 0 Å². The maximum absolute atomic E-state index is 11.0. The van der Waals surface area contributed by atoms with Gasteiger partial charge in [-0.1, -0.05) is 0 Å². The molecule has 2 aromatic rings. The Balaban J connectivity index is 2.01. The van der Waals surface area contributed by atoms with Crippen molar-refractivity contribution < 1.29 is 30.8 Å². The van der Waals surface area contributed by atoms with Crippen LogP contribution < -0.4 is 31.8 Å². The quantitative estimate of drug-likeness (QED) is 0.701. The van der Waals surface area contributed by atoms with Crippen molar-refractivity contribution in [2.75, 3.05) is 10.6 Å². The molecule has 0 spiro atoms. The summed E-state index contributed by atoms with van der Waals surface area (Å²) in [4.78, 5) is 21.9. The van der Waals surface area contributed by atoms with Gasteiger partial charge >= 0.3 is 21.2 Å². The first kappa shape index (κ1) is 15.5. The summed E-state index contributed by atoms with van der Waals surface area (Å²) in [5, 5.41) is 5.51. The summed E-state index contributed by atoms with van der Waals surface area (Å²) in [5.41, 5.74) is 1.63. The molecular formula is C16H16IN2O2+. The van der Waals surface area contributed by atoms with Crippen molar-refractivity contribution in [2.24, 2.45) is 0 Å². The second kappa shape index (κ2) is 7.21. The van der Waals surface area contributed by atoms with Crippen LogP contribution in [0.3, 0.4) is 0 Å². The summed E-state index contributed by atoms with van der Waals surface area (Å²) < 4.78 is 2.55. The summed E-state index contributed by atoms with van der Waals surface area (Å²) in [5.74, 6) is -0.128. The number of carbonyl (C=O) groups is 2. The van der Waals surface area contributed by atoms with E-state index < -0.39 is 0 Å². The largest absolute Gasteiger partial charge is 0.357 e. The summed E-state index contributed by atoms with van der Waals surface area (Å²) in [6.45, 7) is 2.99. The number of halogens is 1. The Bertz CT molecular complexity index is 579. The minimum Gasteiger partial charge on any atom is -0.326 e. The summed E-state index contributed by atoms with van der Waals surface area (Å²) in [7, 11) is 0. The van der Waals surface area contributed by atoms with Gasteiger partial charge in [0.15, 0.2) is 7.14 Å². The summed E-state index contributed by atoms with van der Waals surface area (Å²) in [6.07, 6.45) is 0. The lowest BCUT2D eigenvalue weighted by molar-refractivity contribution is -0.597. The number of carbonyl (C=O) groups excluding carboxylic acids is 2. The zero-order valence-corrected chi connectivity index (χ0v) is 14.0. The fourth-order valence-corrected chi connectivity index (χ4v) is 3.88. The Morgan fingerprint density at radius 3 is 1.33 bits per heavy atom. The molecule has 108 valence electrons. The van der Waals surface area contributed by atoms with Gasteiger partial charge in [0, 0.05) is 25.2 Å². The number of nitrogens with one attached hydrogen (secondary N) is 2. The van der Waals surface area contributed by atoms with E-state index in [1.54, 1.807) is 0 Å². The lowest BCUT2D eigenvalue weighted by Gasteiger charge is -2.00. The first-order valence-corrected chi connectivity index (χ1v) is 8.59. The molecular weight excluding hydrogens is 379 g/mol. The highest BCUT2D eigenvalue weighted by Gasteiger charge is 2.15. The second-order valence-electron chi connectivity index (χ2n) is 4.47. The highest BCUT2D eigenvalue weighted by atomic mass is 127. The first-order chi connectivity index (χ1) is 10.0. The van der Waals surface area contributed by atoms with Crippen LogP contribution >= 0.6 is 0 Å². The molecule has 0 saturated heterocycles. The zero-order valence-electron chi connectivity index (χ0n) is 11.8.